The van der Waals surface area contributed by atoms with Crippen molar-refractivity contribution in [2.24, 2.45) is 0 Å². The number of amides is 1. The van der Waals surface area contributed by atoms with Crippen LogP contribution in [0.1, 0.15) is 24.5 Å². The van der Waals surface area contributed by atoms with E-state index in [4.69, 9.17) is 0 Å². The molecule has 2 rings (SSSR count). The van der Waals surface area contributed by atoms with E-state index >= 15 is 0 Å². The van der Waals surface area contributed by atoms with Crippen molar-refractivity contribution >= 4 is 37.4 Å². The molecule has 6 heteroatoms. The fourth-order valence-electron chi connectivity index (χ4n) is 2.12. The van der Waals surface area contributed by atoms with Gasteiger partial charge < -0.3 is 5.32 Å². The van der Waals surface area contributed by atoms with Crippen LogP contribution in [-0.2, 0) is 27.5 Å². The molecule has 0 heterocycles. The third-order valence-electron chi connectivity index (χ3n) is 3.45. The number of fused-ring (bicyclic) bond motifs is 1. The summed E-state index contributed by atoms with van der Waals surface area (Å²) in [4.78, 5) is 11.9. The second kappa shape index (κ2) is 5.25. The van der Waals surface area contributed by atoms with E-state index in [-0.39, 0.29) is 0 Å². The molecule has 1 aromatic rings. The number of rotatable bonds is 3. The Bertz CT molecular complexity index is 625. The van der Waals surface area contributed by atoms with Crippen LogP contribution in [0.4, 0.5) is 5.69 Å². The van der Waals surface area contributed by atoms with Crippen molar-refractivity contribution in [2.45, 2.75) is 31.4 Å². The summed E-state index contributed by atoms with van der Waals surface area (Å²) >= 11 is 3.41. The molecule has 0 radical (unpaired) electrons. The van der Waals surface area contributed by atoms with Crippen LogP contribution in [0.5, 0.6) is 0 Å². The number of anilines is 1. The molecule has 0 saturated carbocycles. The third kappa shape index (κ3) is 3.17. The molecule has 0 aliphatic heterocycles. The summed E-state index contributed by atoms with van der Waals surface area (Å²) in [7, 11) is -3.37. The first-order valence-corrected chi connectivity index (χ1v) is 8.85. The summed E-state index contributed by atoms with van der Waals surface area (Å²) in [5, 5.41) is 1.63. The molecule has 0 spiro atoms. The lowest BCUT2D eigenvalue weighted by molar-refractivity contribution is -0.115. The fraction of sp³-hybridized carbons (Fsp3) is 0.462. The topological polar surface area (TPSA) is 63.2 Å². The van der Waals surface area contributed by atoms with Crippen LogP contribution in [-0.4, -0.2) is 25.8 Å². The SMILES string of the molecule is C[C@@H](C(=O)Nc1cc2c(cc1Br)CCC2)S(C)(=O)=O. The molecule has 0 aromatic heterocycles. The molecule has 1 amide bonds. The molecule has 1 N–H and O–H groups in total. The van der Waals surface area contributed by atoms with Gasteiger partial charge in [0.05, 0.1) is 5.69 Å². The number of aryl methyl sites for hydroxylation is 2. The first kappa shape index (κ1) is 14.5. The van der Waals surface area contributed by atoms with Gasteiger partial charge >= 0.3 is 0 Å². The Balaban J connectivity index is 2.23. The van der Waals surface area contributed by atoms with Gasteiger partial charge in [-0.1, -0.05) is 0 Å². The standard InChI is InChI=1S/C13H16BrNO3S/c1-8(19(2,17)18)13(16)15-12-7-10-5-3-4-9(10)6-11(12)14/h6-8H,3-5H2,1-2H3,(H,15,16)/t8-/m0/s1. The lowest BCUT2D eigenvalue weighted by Crippen LogP contribution is -2.31. The van der Waals surface area contributed by atoms with E-state index < -0.39 is 21.0 Å². The van der Waals surface area contributed by atoms with Crippen molar-refractivity contribution in [1.82, 2.24) is 0 Å². The van der Waals surface area contributed by atoms with Crippen molar-refractivity contribution in [3.05, 3.63) is 27.7 Å². The number of carbonyl (C=O) groups is 1. The summed E-state index contributed by atoms with van der Waals surface area (Å²) in [6.07, 6.45) is 4.25. The summed E-state index contributed by atoms with van der Waals surface area (Å²) in [5.74, 6) is -0.499. The summed E-state index contributed by atoms with van der Waals surface area (Å²) in [5.41, 5.74) is 3.16. The van der Waals surface area contributed by atoms with E-state index in [1.54, 1.807) is 0 Å². The van der Waals surface area contributed by atoms with Crippen molar-refractivity contribution in [1.29, 1.82) is 0 Å². The largest absolute Gasteiger partial charge is 0.324 e. The number of nitrogens with one attached hydrogen (secondary N) is 1. The molecule has 0 bridgehead atoms. The molecule has 1 aliphatic carbocycles. The van der Waals surface area contributed by atoms with Crippen LogP contribution in [0, 0.1) is 0 Å². The number of carbonyl (C=O) groups excluding carboxylic acids is 1. The minimum atomic E-state index is -3.37. The summed E-state index contributed by atoms with van der Waals surface area (Å²) in [6.45, 7) is 1.39. The van der Waals surface area contributed by atoms with Crippen LogP contribution in [0.2, 0.25) is 0 Å². The average molecular weight is 346 g/mol. The number of benzene rings is 1. The molecular formula is C13H16BrNO3S. The van der Waals surface area contributed by atoms with Gasteiger partial charge in [-0.15, -0.1) is 0 Å². The zero-order chi connectivity index (χ0) is 14.2. The Morgan fingerprint density at radius 3 is 2.47 bits per heavy atom. The van der Waals surface area contributed by atoms with Crippen LogP contribution < -0.4 is 5.32 Å². The average Bonchev–Trinajstić information content (AvgIpc) is 2.74. The monoisotopic (exact) mass is 345 g/mol. The number of hydrogen-bond donors (Lipinski definition) is 1. The zero-order valence-corrected chi connectivity index (χ0v) is 13.3. The molecule has 19 heavy (non-hydrogen) atoms. The maximum absolute atomic E-state index is 11.9. The Morgan fingerprint density at radius 2 is 1.89 bits per heavy atom. The highest BCUT2D eigenvalue weighted by atomic mass is 79.9. The molecule has 1 aliphatic rings. The van der Waals surface area contributed by atoms with E-state index in [9.17, 15) is 13.2 Å². The normalized spacial score (nSPS) is 15.9. The lowest BCUT2D eigenvalue weighted by Gasteiger charge is -2.13. The van der Waals surface area contributed by atoms with E-state index in [0.29, 0.717) is 5.69 Å². The third-order valence-corrected chi connectivity index (χ3v) is 5.61. The molecule has 4 nitrogen and oxygen atoms in total. The minimum Gasteiger partial charge on any atom is -0.324 e. The minimum absolute atomic E-state index is 0.499. The number of hydrogen-bond acceptors (Lipinski definition) is 3. The van der Waals surface area contributed by atoms with Gasteiger partial charge in [0.1, 0.15) is 5.25 Å². The van der Waals surface area contributed by atoms with Crippen molar-refractivity contribution in [2.75, 3.05) is 11.6 Å². The van der Waals surface area contributed by atoms with Gasteiger partial charge in [0.2, 0.25) is 5.91 Å². The molecule has 0 unspecified atom stereocenters. The van der Waals surface area contributed by atoms with Crippen molar-refractivity contribution in [3.8, 4) is 0 Å². The van der Waals surface area contributed by atoms with Gasteiger partial charge in [0.15, 0.2) is 9.84 Å². The van der Waals surface area contributed by atoms with Gasteiger partial charge in [-0.05, 0) is 65.4 Å². The number of halogens is 1. The Hall–Kier alpha value is -0.880. The van der Waals surface area contributed by atoms with E-state index in [0.717, 1.165) is 30.0 Å². The van der Waals surface area contributed by atoms with Gasteiger partial charge in [-0.3, -0.25) is 4.79 Å². The summed E-state index contributed by atoms with van der Waals surface area (Å²) < 4.78 is 23.5. The smallest absolute Gasteiger partial charge is 0.242 e. The van der Waals surface area contributed by atoms with Gasteiger partial charge in [0, 0.05) is 10.7 Å². The van der Waals surface area contributed by atoms with Crippen molar-refractivity contribution in [3.63, 3.8) is 0 Å². The highest BCUT2D eigenvalue weighted by molar-refractivity contribution is 9.10. The Kier molecular flexibility index (Phi) is 4.01. The highest BCUT2D eigenvalue weighted by Crippen LogP contribution is 2.31. The first-order chi connectivity index (χ1) is 8.79. The first-order valence-electron chi connectivity index (χ1n) is 6.10. The zero-order valence-electron chi connectivity index (χ0n) is 10.9. The van der Waals surface area contributed by atoms with Crippen molar-refractivity contribution < 1.29 is 13.2 Å². The predicted octanol–water partition coefficient (Wildman–Crippen LogP) is 2.31. The maximum atomic E-state index is 11.9. The van der Waals surface area contributed by atoms with E-state index in [2.05, 4.69) is 21.2 Å². The highest BCUT2D eigenvalue weighted by Gasteiger charge is 2.24. The van der Waals surface area contributed by atoms with Gasteiger partial charge in [0.25, 0.3) is 0 Å². The molecule has 0 fully saturated rings. The van der Waals surface area contributed by atoms with Crippen LogP contribution >= 0.6 is 15.9 Å². The second-order valence-electron chi connectivity index (χ2n) is 4.92. The second-order valence-corrected chi connectivity index (χ2v) is 8.14. The summed E-state index contributed by atoms with van der Waals surface area (Å²) in [6, 6.07) is 3.93. The lowest BCUT2D eigenvalue weighted by atomic mass is 10.1. The molecule has 0 saturated heterocycles. The van der Waals surface area contributed by atoms with Crippen LogP contribution in [0.25, 0.3) is 0 Å². The molecular weight excluding hydrogens is 330 g/mol. The quantitative estimate of drug-likeness (QED) is 0.914. The van der Waals surface area contributed by atoms with E-state index in [1.165, 1.54) is 18.1 Å². The fourth-order valence-corrected chi connectivity index (χ4v) is 3.06. The molecule has 1 aromatic carbocycles. The van der Waals surface area contributed by atoms with Gasteiger partial charge in [-0.2, -0.15) is 0 Å². The Morgan fingerprint density at radius 1 is 1.32 bits per heavy atom. The molecule has 104 valence electrons. The van der Waals surface area contributed by atoms with E-state index in [1.807, 2.05) is 12.1 Å². The molecule has 1 atom stereocenters. The maximum Gasteiger partial charge on any atom is 0.242 e. The predicted molar refractivity (Wildman–Crippen MR) is 79.1 cm³/mol. The number of sulfone groups is 1. The van der Waals surface area contributed by atoms with Crippen LogP contribution in [0.3, 0.4) is 0 Å². The Labute approximate surface area is 121 Å². The van der Waals surface area contributed by atoms with Crippen LogP contribution in [0.15, 0.2) is 16.6 Å². The van der Waals surface area contributed by atoms with Gasteiger partial charge in [-0.25, -0.2) is 8.42 Å².